The van der Waals surface area contributed by atoms with E-state index < -0.39 is 34.4 Å². The topological polar surface area (TPSA) is 110 Å². The normalized spacial score (nSPS) is 13.6. The van der Waals surface area contributed by atoms with Crippen molar-refractivity contribution in [2.24, 2.45) is 5.16 Å². The van der Waals surface area contributed by atoms with Gasteiger partial charge in [0.05, 0.1) is 0 Å². The Labute approximate surface area is 250 Å². The van der Waals surface area contributed by atoms with Crippen molar-refractivity contribution in [1.29, 1.82) is 0 Å². The van der Waals surface area contributed by atoms with Gasteiger partial charge in [-0.05, 0) is 50.8 Å². The molecule has 0 aliphatic rings. The SMILES string of the molecule is CCC(C)(ON=C(C(=O)O)c1csc(NC(c2ccccc2)(c2ccccc2)c2ccccc2)n1)C(=O)OC(C)(C)C. The van der Waals surface area contributed by atoms with Gasteiger partial charge in [-0.1, -0.05) is 103 Å². The third-order valence-electron chi connectivity index (χ3n) is 6.71. The zero-order valence-electron chi connectivity index (χ0n) is 24.3. The monoisotopic (exact) mass is 585 g/mol. The average molecular weight is 586 g/mol. The second kappa shape index (κ2) is 12.6. The van der Waals surface area contributed by atoms with Gasteiger partial charge in [0.1, 0.15) is 16.8 Å². The van der Waals surface area contributed by atoms with Gasteiger partial charge < -0.3 is 20.0 Å². The lowest BCUT2D eigenvalue weighted by Gasteiger charge is -2.36. The number of thiazole rings is 1. The summed E-state index contributed by atoms with van der Waals surface area (Å²) in [6, 6.07) is 30.0. The lowest BCUT2D eigenvalue weighted by Crippen LogP contribution is -2.42. The minimum absolute atomic E-state index is 0.0979. The van der Waals surface area contributed by atoms with E-state index in [9.17, 15) is 14.7 Å². The predicted molar refractivity (Wildman–Crippen MR) is 165 cm³/mol. The van der Waals surface area contributed by atoms with E-state index in [4.69, 9.17) is 9.57 Å². The summed E-state index contributed by atoms with van der Waals surface area (Å²) in [7, 11) is 0. The van der Waals surface area contributed by atoms with E-state index in [0.717, 1.165) is 16.7 Å². The number of nitrogens with one attached hydrogen (secondary N) is 1. The molecule has 0 fully saturated rings. The number of carbonyl (C=O) groups excluding carboxylic acids is 1. The van der Waals surface area contributed by atoms with E-state index in [0.29, 0.717) is 5.13 Å². The smallest absolute Gasteiger partial charge is 0.360 e. The molecule has 0 aliphatic heterocycles. The summed E-state index contributed by atoms with van der Waals surface area (Å²) < 4.78 is 5.47. The van der Waals surface area contributed by atoms with Crippen LogP contribution in [0.25, 0.3) is 0 Å². The Bertz CT molecular complexity index is 1440. The highest BCUT2D eigenvalue weighted by molar-refractivity contribution is 7.14. The Morgan fingerprint density at radius 2 is 1.33 bits per heavy atom. The molecule has 1 unspecified atom stereocenters. The summed E-state index contributed by atoms with van der Waals surface area (Å²) in [5.41, 5.74) is -0.453. The highest BCUT2D eigenvalue weighted by Crippen LogP contribution is 2.40. The maximum absolute atomic E-state index is 12.8. The van der Waals surface area contributed by atoms with Crippen molar-refractivity contribution in [3.63, 3.8) is 0 Å². The van der Waals surface area contributed by atoms with E-state index >= 15 is 0 Å². The van der Waals surface area contributed by atoms with E-state index in [1.165, 1.54) is 18.3 Å². The summed E-state index contributed by atoms with van der Waals surface area (Å²) in [5.74, 6) is -1.97. The predicted octanol–water partition coefficient (Wildman–Crippen LogP) is 6.86. The number of aliphatic carboxylic acids is 1. The Kier molecular flexibility index (Phi) is 9.11. The van der Waals surface area contributed by atoms with Crippen molar-refractivity contribution < 1.29 is 24.3 Å². The maximum Gasteiger partial charge on any atom is 0.360 e. The summed E-state index contributed by atoms with van der Waals surface area (Å²) in [5, 5.41) is 19.6. The van der Waals surface area contributed by atoms with E-state index in [-0.39, 0.29) is 12.1 Å². The Hall–Kier alpha value is -4.50. The lowest BCUT2D eigenvalue weighted by atomic mass is 9.77. The number of carbonyl (C=O) groups is 2. The average Bonchev–Trinajstić information content (AvgIpc) is 3.44. The quantitative estimate of drug-likeness (QED) is 0.0856. The van der Waals surface area contributed by atoms with Crippen LogP contribution in [0.3, 0.4) is 0 Å². The molecule has 0 saturated heterocycles. The molecule has 1 atom stereocenters. The fourth-order valence-corrected chi connectivity index (χ4v) is 5.11. The van der Waals surface area contributed by atoms with Crippen LogP contribution in [0.5, 0.6) is 0 Å². The molecule has 0 saturated carbocycles. The third-order valence-corrected chi connectivity index (χ3v) is 7.47. The van der Waals surface area contributed by atoms with Gasteiger partial charge in [-0.25, -0.2) is 14.6 Å². The van der Waals surface area contributed by atoms with Crippen LogP contribution in [0, 0.1) is 0 Å². The molecule has 0 radical (unpaired) electrons. The molecule has 4 rings (SSSR count). The molecule has 218 valence electrons. The van der Waals surface area contributed by atoms with Gasteiger partial charge in [0, 0.05) is 5.38 Å². The van der Waals surface area contributed by atoms with Gasteiger partial charge in [0.2, 0.25) is 11.3 Å². The van der Waals surface area contributed by atoms with Gasteiger partial charge in [0.15, 0.2) is 5.13 Å². The largest absolute Gasteiger partial charge is 0.476 e. The Balaban J connectivity index is 1.75. The van der Waals surface area contributed by atoms with Crippen molar-refractivity contribution in [2.45, 2.75) is 57.8 Å². The zero-order chi connectivity index (χ0) is 30.4. The highest BCUT2D eigenvalue weighted by atomic mass is 32.1. The molecule has 0 bridgehead atoms. The first-order valence-electron chi connectivity index (χ1n) is 13.6. The van der Waals surface area contributed by atoms with Gasteiger partial charge in [-0.2, -0.15) is 0 Å². The van der Waals surface area contributed by atoms with Crippen molar-refractivity contribution in [1.82, 2.24) is 4.98 Å². The summed E-state index contributed by atoms with van der Waals surface area (Å²) in [4.78, 5) is 35.3. The van der Waals surface area contributed by atoms with Crippen LogP contribution in [0.15, 0.2) is 102 Å². The molecule has 0 amide bonds. The van der Waals surface area contributed by atoms with Crippen molar-refractivity contribution in [2.75, 3.05) is 5.32 Å². The number of esters is 1. The standard InChI is InChI=1S/C33H35N3O5S/c1-6-32(5,29(39)40-31(2,3)4)41-36-27(28(37)38)26-22-42-30(34-26)35-33(23-16-10-7-11-17-23,24-18-12-8-13-19-24)25-20-14-9-15-21-25/h7-22H,6H2,1-5H3,(H,34,35)(H,37,38). The fourth-order valence-electron chi connectivity index (χ4n) is 4.36. The van der Waals surface area contributed by atoms with Crippen LogP contribution >= 0.6 is 11.3 Å². The van der Waals surface area contributed by atoms with Gasteiger partial charge in [-0.15, -0.1) is 11.3 Å². The molecule has 42 heavy (non-hydrogen) atoms. The number of hydrogen-bond acceptors (Lipinski definition) is 8. The summed E-state index contributed by atoms with van der Waals surface area (Å²) in [6.45, 7) is 8.50. The summed E-state index contributed by atoms with van der Waals surface area (Å²) >= 11 is 1.25. The van der Waals surface area contributed by atoms with Crippen molar-refractivity contribution in [3.8, 4) is 0 Å². The van der Waals surface area contributed by atoms with Gasteiger partial charge in [0.25, 0.3) is 0 Å². The number of rotatable bonds is 11. The highest BCUT2D eigenvalue weighted by Gasteiger charge is 2.40. The van der Waals surface area contributed by atoms with Crippen LogP contribution in [0.1, 0.15) is 63.4 Å². The lowest BCUT2D eigenvalue weighted by molar-refractivity contribution is -0.182. The Morgan fingerprint density at radius 1 is 0.857 bits per heavy atom. The number of carboxylic acids is 1. The van der Waals surface area contributed by atoms with Crippen LogP contribution in [0.4, 0.5) is 5.13 Å². The molecule has 0 spiro atoms. The molecule has 1 heterocycles. The Morgan fingerprint density at radius 3 is 1.74 bits per heavy atom. The first-order chi connectivity index (χ1) is 20.0. The van der Waals surface area contributed by atoms with E-state index in [1.807, 2.05) is 91.0 Å². The maximum atomic E-state index is 12.8. The molecular weight excluding hydrogens is 550 g/mol. The first-order valence-corrected chi connectivity index (χ1v) is 14.5. The molecule has 9 heteroatoms. The van der Waals surface area contributed by atoms with Crippen molar-refractivity contribution >= 4 is 34.1 Å². The van der Waals surface area contributed by atoms with Gasteiger partial charge in [-0.3, -0.25) is 0 Å². The van der Waals surface area contributed by atoms with E-state index in [1.54, 1.807) is 33.1 Å². The molecule has 8 nitrogen and oxygen atoms in total. The second-order valence-corrected chi connectivity index (χ2v) is 11.8. The van der Waals surface area contributed by atoms with Gasteiger partial charge >= 0.3 is 11.9 Å². The minimum atomic E-state index is -1.48. The number of benzene rings is 3. The van der Waals surface area contributed by atoms with Crippen LogP contribution in [-0.4, -0.2) is 38.9 Å². The summed E-state index contributed by atoms with van der Waals surface area (Å²) in [6.07, 6.45) is 0.218. The second-order valence-electron chi connectivity index (χ2n) is 10.9. The third kappa shape index (κ3) is 6.69. The number of ether oxygens (including phenoxy) is 1. The number of carboxylic acid groups (broad SMARTS) is 1. The van der Waals surface area contributed by atoms with Crippen LogP contribution in [-0.2, 0) is 24.7 Å². The first kappa shape index (κ1) is 30.5. The van der Waals surface area contributed by atoms with Crippen molar-refractivity contribution in [3.05, 3.63) is 119 Å². The zero-order valence-corrected chi connectivity index (χ0v) is 25.1. The number of oxime groups is 1. The molecular formula is C33H35N3O5S. The number of hydrogen-bond donors (Lipinski definition) is 2. The fraction of sp³-hybridized carbons (Fsp3) is 0.273. The van der Waals surface area contributed by atoms with Crippen LogP contribution < -0.4 is 5.32 Å². The molecule has 0 aliphatic carbocycles. The molecule has 3 aromatic carbocycles. The van der Waals surface area contributed by atoms with Crippen LogP contribution in [0.2, 0.25) is 0 Å². The number of nitrogens with zero attached hydrogens (tertiary/aromatic N) is 2. The number of anilines is 1. The molecule has 2 N–H and O–H groups in total. The molecule has 4 aromatic rings. The minimum Gasteiger partial charge on any atom is -0.476 e. The molecule has 1 aromatic heterocycles. The van der Waals surface area contributed by atoms with E-state index in [2.05, 4.69) is 15.5 Å². The number of aromatic nitrogens is 1.